The normalized spacial score (nSPS) is 15.8. The molecule has 1 saturated heterocycles. The number of hydrogen-bond acceptors (Lipinski definition) is 3. The van der Waals surface area contributed by atoms with Crippen LogP contribution < -0.4 is 10.6 Å². The molecule has 0 spiro atoms. The average molecular weight is 297 g/mol. The maximum absolute atomic E-state index is 13.6. The number of nitrogens with zero attached hydrogens (tertiary/aromatic N) is 1. The topological polar surface area (TPSA) is 44.4 Å². The van der Waals surface area contributed by atoms with Gasteiger partial charge >= 0.3 is 0 Å². The van der Waals surface area contributed by atoms with Gasteiger partial charge in [-0.2, -0.15) is 0 Å². The molecule has 116 valence electrons. The van der Waals surface area contributed by atoms with Crippen LogP contribution in [0.5, 0.6) is 0 Å². The molecule has 0 saturated carbocycles. The molecule has 0 radical (unpaired) electrons. The van der Waals surface area contributed by atoms with E-state index in [1.807, 2.05) is 0 Å². The Morgan fingerprint density at radius 1 is 1.19 bits per heavy atom. The van der Waals surface area contributed by atoms with E-state index in [0.717, 1.165) is 31.8 Å². The molecule has 1 aliphatic rings. The summed E-state index contributed by atoms with van der Waals surface area (Å²) in [5, 5.41) is 5.13. The van der Waals surface area contributed by atoms with Crippen LogP contribution in [-0.2, 0) is 0 Å². The van der Waals surface area contributed by atoms with Crippen molar-refractivity contribution in [1.29, 1.82) is 0 Å². The van der Waals surface area contributed by atoms with Gasteiger partial charge in [-0.1, -0.05) is 6.42 Å². The van der Waals surface area contributed by atoms with Crippen molar-refractivity contribution < 1.29 is 13.6 Å². The van der Waals surface area contributed by atoms with Crippen LogP contribution in [0.1, 0.15) is 29.6 Å². The molecule has 1 aromatic rings. The highest BCUT2D eigenvalue weighted by Gasteiger charge is 2.15. The Morgan fingerprint density at radius 2 is 1.81 bits per heavy atom. The number of benzene rings is 1. The first kappa shape index (κ1) is 15.7. The molecule has 0 unspecified atom stereocenters. The predicted molar refractivity (Wildman–Crippen MR) is 78.5 cm³/mol. The molecule has 4 nitrogen and oxygen atoms in total. The van der Waals surface area contributed by atoms with Gasteiger partial charge in [-0.15, -0.1) is 0 Å². The molecule has 1 aliphatic heterocycles. The first-order chi connectivity index (χ1) is 10.1. The van der Waals surface area contributed by atoms with Gasteiger partial charge in [-0.25, -0.2) is 8.78 Å². The third-order valence-electron chi connectivity index (χ3n) is 3.72. The molecule has 6 heteroatoms. The minimum absolute atomic E-state index is 0.00245. The summed E-state index contributed by atoms with van der Waals surface area (Å²) in [5.74, 6) is -1.98. The number of anilines is 1. The van der Waals surface area contributed by atoms with E-state index >= 15 is 0 Å². The van der Waals surface area contributed by atoms with E-state index < -0.39 is 17.5 Å². The quantitative estimate of drug-likeness (QED) is 0.876. The molecule has 1 amide bonds. The third-order valence-corrected chi connectivity index (χ3v) is 3.72. The summed E-state index contributed by atoms with van der Waals surface area (Å²) in [7, 11) is 1.43. The zero-order valence-electron chi connectivity index (χ0n) is 12.2. The van der Waals surface area contributed by atoms with Crippen molar-refractivity contribution in [2.24, 2.45) is 0 Å². The molecule has 0 bridgehead atoms. The number of hydrogen-bond donors (Lipinski definition) is 2. The van der Waals surface area contributed by atoms with Crippen molar-refractivity contribution in [3.05, 3.63) is 29.3 Å². The van der Waals surface area contributed by atoms with Gasteiger partial charge in [0.1, 0.15) is 17.3 Å². The molecule has 1 heterocycles. The number of rotatable bonds is 5. The molecule has 0 aromatic heterocycles. The van der Waals surface area contributed by atoms with E-state index in [0.29, 0.717) is 6.54 Å². The number of amides is 1. The summed E-state index contributed by atoms with van der Waals surface area (Å²) in [5.41, 5.74) is -0.220. The van der Waals surface area contributed by atoms with Gasteiger partial charge in [0, 0.05) is 25.7 Å². The Labute approximate surface area is 123 Å². The largest absolute Gasteiger partial charge is 0.383 e. The van der Waals surface area contributed by atoms with Crippen LogP contribution in [0.15, 0.2) is 12.1 Å². The fourth-order valence-electron chi connectivity index (χ4n) is 2.56. The second-order valence-corrected chi connectivity index (χ2v) is 5.22. The van der Waals surface area contributed by atoms with Crippen molar-refractivity contribution >= 4 is 11.6 Å². The van der Waals surface area contributed by atoms with E-state index in [9.17, 15) is 13.6 Å². The molecular weight excluding hydrogens is 276 g/mol. The Morgan fingerprint density at radius 3 is 2.38 bits per heavy atom. The maximum Gasteiger partial charge on any atom is 0.251 e. The number of nitrogens with one attached hydrogen (secondary N) is 2. The minimum Gasteiger partial charge on any atom is -0.383 e. The van der Waals surface area contributed by atoms with Crippen LogP contribution in [0.4, 0.5) is 14.5 Å². The standard InChI is InChI=1S/C15H21F2N3O/c1-18-14-12(16)9-11(10-13(14)17)15(21)19-5-8-20-6-3-2-4-7-20/h9-10,18H,2-8H2,1H3,(H,19,21). The van der Waals surface area contributed by atoms with Crippen LogP contribution in [-0.4, -0.2) is 44.0 Å². The van der Waals surface area contributed by atoms with E-state index in [2.05, 4.69) is 15.5 Å². The third kappa shape index (κ3) is 4.14. The molecule has 0 atom stereocenters. The maximum atomic E-state index is 13.6. The van der Waals surface area contributed by atoms with Crippen molar-refractivity contribution in [3.63, 3.8) is 0 Å². The molecule has 2 rings (SSSR count). The lowest BCUT2D eigenvalue weighted by atomic mass is 10.1. The lowest BCUT2D eigenvalue weighted by Gasteiger charge is -2.26. The first-order valence-electron chi connectivity index (χ1n) is 7.29. The van der Waals surface area contributed by atoms with Crippen LogP contribution >= 0.6 is 0 Å². The van der Waals surface area contributed by atoms with Gasteiger partial charge in [0.2, 0.25) is 0 Å². The Kier molecular flexibility index (Phi) is 5.50. The Bertz CT molecular complexity index is 479. The summed E-state index contributed by atoms with van der Waals surface area (Å²) in [4.78, 5) is 14.2. The highest BCUT2D eigenvalue weighted by atomic mass is 19.1. The monoisotopic (exact) mass is 297 g/mol. The minimum atomic E-state index is -0.765. The van der Waals surface area contributed by atoms with Crippen LogP contribution in [0, 0.1) is 11.6 Å². The van der Waals surface area contributed by atoms with Crippen LogP contribution in [0.2, 0.25) is 0 Å². The highest BCUT2D eigenvalue weighted by Crippen LogP contribution is 2.20. The Hall–Kier alpha value is -1.69. The second-order valence-electron chi connectivity index (χ2n) is 5.22. The van der Waals surface area contributed by atoms with Gasteiger partial charge in [0.05, 0.1) is 0 Å². The summed E-state index contributed by atoms with van der Waals surface area (Å²) >= 11 is 0. The summed E-state index contributed by atoms with van der Waals surface area (Å²) in [6.07, 6.45) is 3.64. The molecule has 0 aliphatic carbocycles. The molecule has 21 heavy (non-hydrogen) atoms. The average Bonchev–Trinajstić information content (AvgIpc) is 2.48. The second kappa shape index (κ2) is 7.36. The lowest BCUT2D eigenvalue weighted by Crippen LogP contribution is -2.37. The Balaban J connectivity index is 1.88. The fourth-order valence-corrected chi connectivity index (χ4v) is 2.56. The molecule has 2 N–H and O–H groups in total. The number of carbonyl (C=O) groups excluding carboxylic acids is 1. The number of halogens is 2. The predicted octanol–water partition coefficient (Wildman–Crippen LogP) is 2.22. The van der Waals surface area contributed by atoms with Gasteiger partial charge in [-0.3, -0.25) is 4.79 Å². The molecule has 1 aromatic carbocycles. The summed E-state index contributed by atoms with van der Waals surface area (Å²) in [6.45, 7) is 3.35. The van der Waals surface area contributed by atoms with Crippen molar-refractivity contribution in [2.45, 2.75) is 19.3 Å². The molecule has 1 fully saturated rings. The summed E-state index contributed by atoms with van der Waals surface area (Å²) < 4.78 is 27.2. The number of carbonyl (C=O) groups is 1. The lowest BCUT2D eigenvalue weighted by molar-refractivity contribution is 0.0945. The van der Waals surface area contributed by atoms with E-state index in [1.54, 1.807) is 0 Å². The molecular formula is C15H21F2N3O. The zero-order chi connectivity index (χ0) is 15.2. The van der Waals surface area contributed by atoms with E-state index in [1.165, 1.54) is 26.3 Å². The number of likely N-dealkylation sites (tertiary alicyclic amines) is 1. The SMILES string of the molecule is CNc1c(F)cc(C(=O)NCCN2CCCCC2)cc1F. The van der Waals surface area contributed by atoms with Crippen molar-refractivity contribution in [3.8, 4) is 0 Å². The first-order valence-corrected chi connectivity index (χ1v) is 7.29. The number of piperidine rings is 1. The van der Waals surface area contributed by atoms with Crippen molar-refractivity contribution in [2.75, 3.05) is 38.5 Å². The van der Waals surface area contributed by atoms with Crippen LogP contribution in [0.3, 0.4) is 0 Å². The van der Waals surface area contributed by atoms with E-state index in [4.69, 9.17) is 0 Å². The van der Waals surface area contributed by atoms with Gasteiger partial charge in [0.25, 0.3) is 5.91 Å². The van der Waals surface area contributed by atoms with E-state index in [-0.39, 0.29) is 11.3 Å². The van der Waals surface area contributed by atoms with Gasteiger partial charge < -0.3 is 15.5 Å². The zero-order valence-corrected chi connectivity index (χ0v) is 12.2. The van der Waals surface area contributed by atoms with Gasteiger partial charge in [0.15, 0.2) is 0 Å². The van der Waals surface area contributed by atoms with Crippen molar-refractivity contribution in [1.82, 2.24) is 10.2 Å². The summed E-state index contributed by atoms with van der Waals surface area (Å²) in [6, 6.07) is 2.09. The fraction of sp³-hybridized carbons (Fsp3) is 0.533. The van der Waals surface area contributed by atoms with Crippen LogP contribution in [0.25, 0.3) is 0 Å². The highest BCUT2D eigenvalue weighted by molar-refractivity contribution is 5.94. The smallest absolute Gasteiger partial charge is 0.251 e. The van der Waals surface area contributed by atoms with Gasteiger partial charge in [-0.05, 0) is 38.1 Å².